The molecule has 0 spiro atoms. The second kappa shape index (κ2) is 8.56. The van der Waals surface area contributed by atoms with Crippen molar-refractivity contribution < 1.29 is 18.9 Å². The Morgan fingerprint density at radius 3 is 2.43 bits per heavy atom. The van der Waals surface area contributed by atoms with Gasteiger partial charge in [0.05, 0.1) is 17.2 Å². The highest BCUT2D eigenvalue weighted by Crippen LogP contribution is 2.10. The first-order chi connectivity index (χ1) is 9.92. The van der Waals surface area contributed by atoms with Gasteiger partial charge in [-0.1, -0.05) is 25.5 Å². The van der Waals surface area contributed by atoms with Crippen LogP contribution in [-0.2, 0) is 26.8 Å². The van der Waals surface area contributed by atoms with Crippen molar-refractivity contribution in [2.24, 2.45) is 0 Å². The zero-order valence-electron chi connectivity index (χ0n) is 12.3. The van der Waals surface area contributed by atoms with E-state index in [0.29, 0.717) is 10.5 Å². The standard InChI is InChI=1S/C15H21NO4S/c1-3-4-11(2)16-14(17)10-21(20)13-7-5-12(6-8-13)9-15(18)19/h5-8,11H,3-4,9-10H2,1-2H3,(H,16,17)(H,18,19). The Bertz CT molecular complexity index is 513. The van der Waals surface area contributed by atoms with Crippen LogP contribution in [0.4, 0.5) is 0 Å². The third kappa shape index (κ3) is 6.53. The van der Waals surface area contributed by atoms with Gasteiger partial charge in [0.15, 0.2) is 0 Å². The summed E-state index contributed by atoms with van der Waals surface area (Å²) in [4.78, 5) is 22.8. The number of hydrogen-bond acceptors (Lipinski definition) is 3. The van der Waals surface area contributed by atoms with Gasteiger partial charge in [-0.05, 0) is 31.0 Å². The minimum absolute atomic E-state index is 0.0675. The minimum atomic E-state index is -1.41. The van der Waals surface area contributed by atoms with E-state index in [2.05, 4.69) is 5.32 Å². The quantitative estimate of drug-likeness (QED) is 0.766. The molecule has 116 valence electrons. The lowest BCUT2D eigenvalue weighted by Gasteiger charge is -2.12. The summed E-state index contributed by atoms with van der Waals surface area (Å²) in [5.41, 5.74) is 0.643. The number of benzene rings is 1. The smallest absolute Gasteiger partial charge is 0.307 e. The zero-order valence-corrected chi connectivity index (χ0v) is 13.1. The molecular weight excluding hydrogens is 290 g/mol. The average Bonchev–Trinajstić information content (AvgIpc) is 2.38. The number of rotatable bonds is 8. The van der Waals surface area contributed by atoms with E-state index >= 15 is 0 Å². The average molecular weight is 311 g/mol. The van der Waals surface area contributed by atoms with Gasteiger partial charge in [-0.3, -0.25) is 13.8 Å². The van der Waals surface area contributed by atoms with Gasteiger partial charge in [-0.15, -0.1) is 0 Å². The maximum Gasteiger partial charge on any atom is 0.307 e. The van der Waals surface area contributed by atoms with Crippen molar-refractivity contribution in [2.75, 3.05) is 5.75 Å². The maximum absolute atomic E-state index is 12.1. The molecule has 6 heteroatoms. The number of carbonyl (C=O) groups excluding carboxylic acids is 1. The molecule has 0 saturated carbocycles. The highest BCUT2D eigenvalue weighted by molar-refractivity contribution is 7.85. The van der Waals surface area contributed by atoms with Crippen molar-refractivity contribution in [3.8, 4) is 0 Å². The van der Waals surface area contributed by atoms with Crippen molar-refractivity contribution in [1.82, 2.24) is 5.32 Å². The van der Waals surface area contributed by atoms with Crippen LogP contribution in [0.5, 0.6) is 0 Å². The zero-order chi connectivity index (χ0) is 15.8. The lowest BCUT2D eigenvalue weighted by atomic mass is 10.2. The molecule has 2 unspecified atom stereocenters. The Labute approximate surface area is 127 Å². The first kappa shape index (κ1) is 17.4. The molecule has 0 fully saturated rings. The number of carbonyl (C=O) groups is 2. The van der Waals surface area contributed by atoms with E-state index in [0.717, 1.165) is 12.8 Å². The second-order valence-corrected chi connectivity index (χ2v) is 6.41. The van der Waals surface area contributed by atoms with E-state index in [1.54, 1.807) is 24.3 Å². The Morgan fingerprint density at radius 1 is 1.29 bits per heavy atom. The number of carboxylic acids is 1. The fraction of sp³-hybridized carbons (Fsp3) is 0.467. The highest BCUT2D eigenvalue weighted by Gasteiger charge is 2.12. The minimum Gasteiger partial charge on any atom is -0.481 e. The predicted molar refractivity (Wildman–Crippen MR) is 81.6 cm³/mol. The van der Waals surface area contributed by atoms with Crippen molar-refractivity contribution in [2.45, 2.75) is 44.0 Å². The summed E-state index contributed by atoms with van der Waals surface area (Å²) in [6.45, 7) is 3.96. The molecule has 5 nitrogen and oxygen atoms in total. The summed E-state index contributed by atoms with van der Waals surface area (Å²) < 4.78 is 12.1. The Hall–Kier alpha value is -1.69. The van der Waals surface area contributed by atoms with Gasteiger partial charge < -0.3 is 10.4 Å². The van der Waals surface area contributed by atoms with E-state index in [9.17, 15) is 13.8 Å². The molecule has 0 bridgehead atoms. The van der Waals surface area contributed by atoms with Gasteiger partial charge in [-0.25, -0.2) is 0 Å². The van der Waals surface area contributed by atoms with Crippen molar-refractivity contribution >= 4 is 22.7 Å². The highest BCUT2D eigenvalue weighted by atomic mass is 32.2. The lowest BCUT2D eigenvalue weighted by Crippen LogP contribution is -2.35. The van der Waals surface area contributed by atoms with Crippen LogP contribution in [0, 0.1) is 0 Å². The van der Waals surface area contributed by atoms with Gasteiger partial charge in [0.1, 0.15) is 5.75 Å². The first-order valence-electron chi connectivity index (χ1n) is 6.90. The third-order valence-corrected chi connectivity index (χ3v) is 4.26. The molecule has 1 amide bonds. The Morgan fingerprint density at radius 2 is 1.90 bits per heavy atom. The van der Waals surface area contributed by atoms with Gasteiger partial charge in [0.25, 0.3) is 0 Å². The molecule has 0 aliphatic carbocycles. The second-order valence-electron chi connectivity index (χ2n) is 4.96. The monoisotopic (exact) mass is 311 g/mol. The van der Waals surface area contributed by atoms with Gasteiger partial charge in [-0.2, -0.15) is 0 Å². The van der Waals surface area contributed by atoms with Crippen LogP contribution in [0.15, 0.2) is 29.2 Å². The summed E-state index contributed by atoms with van der Waals surface area (Å²) >= 11 is 0. The van der Waals surface area contributed by atoms with Crippen LogP contribution in [-0.4, -0.2) is 33.0 Å². The topological polar surface area (TPSA) is 83.5 Å². The van der Waals surface area contributed by atoms with Gasteiger partial charge in [0, 0.05) is 10.9 Å². The normalized spacial score (nSPS) is 13.4. The molecule has 1 aromatic rings. The van der Waals surface area contributed by atoms with E-state index < -0.39 is 16.8 Å². The predicted octanol–water partition coefficient (Wildman–Crippen LogP) is 1.73. The molecular formula is C15H21NO4S. The molecule has 0 aliphatic heterocycles. The summed E-state index contributed by atoms with van der Waals surface area (Å²) in [6, 6.07) is 6.55. The van der Waals surface area contributed by atoms with Gasteiger partial charge in [0.2, 0.25) is 5.91 Å². The van der Waals surface area contributed by atoms with Crippen molar-refractivity contribution in [3.63, 3.8) is 0 Å². The number of amides is 1. The molecule has 0 heterocycles. The molecule has 0 aliphatic rings. The number of hydrogen-bond donors (Lipinski definition) is 2. The first-order valence-corrected chi connectivity index (χ1v) is 8.22. The molecule has 2 atom stereocenters. The summed E-state index contributed by atoms with van der Waals surface area (Å²) in [7, 11) is -1.41. The van der Waals surface area contributed by atoms with Crippen molar-refractivity contribution in [3.05, 3.63) is 29.8 Å². The summed E-state index contributed by atoms with van der Waals surface area (Å²) in [6.07, 6.45) is 1.81. The molecule has 21 heavy (non-hydrogen) atoms. The molecule has 1 rings (SSSR count). The van der Waals surface area contributed by atoms with E-state index in [-0.39, 0.29) is 24.1 Å². The molecule has 1 aromatic carbocycles. The van der Waals surface area contributed by atoms with Crippen LogP contribution in [0.1, 0.15) is 32.3 Å². The molecule has 0 radical (unpaired) electrons. The largest absolute Gasteiger partial charge is 0.481 e. The number of carboxylic acid groups (broad SMARTS) is 1. The van der Waals surface area contributed by atoms with Crippen molar-refractivity contribution in [1.29, 1.82) is 0 Å². The fourth-order valence-corrected chi connectivity index (χ4v) is 2.89. The number of nitrogens with one attached hydrogen (secondary N) is 1. The Kier molecular flexibility index (Phi) is 7.08. The Balaban J connectivity index is 2.55. The summed E-state index contributed by atoms with van der Waals surface area (Å²) in [5, 5.41) is 11.5. The van der Waals surface area contributed by atoms with Crippen LogP contribution in [0.3, 0.4) is 0 Å². The maximum atomic E-state index is 12.1. The summed E-state index contributed by atoms with van der Waals surface area (Å²) in [5.74, 6) is -1.22. The fourth-order valence-electron chi connectivity index (χ4n) is 1.96. The van der Waals surface area contributed by atoms with E-state index in [1.807, 2.05) is 13.8 Å². The number of aliphatic carboxylic acids is 1. The van der Waals surface area contributed by atoms with E-state index in [1.165, 1.54) is 0 Å². The van der Waals surface area contributed by atoms with Crippen LogP contribution in [0.25, 0.3) is 0 Å². The van der Waals surface area contributed by atoms with Crippen LogP contribution in [0.2, 0.25) is 0 Å². The SMILES string of the molecule is CCCC(C)NC(=O)CS(=O)c1ccc(CC(=O)O)cc1. The van der Waals surface area contributed by atoms with E-state index in [4.69, 9.17) is 5.11 Å². The van der Waals surface area contributed by atoms with Crippen LogP contribution < -0.4 is 5.32 Å². The van der Waals surface area contributed by atoms with Gasteiger partial charge >= 0.3 is 5.97 Å². The lowest BCUT2D eigenvalue weighted by molar-refractivity contribution is -0.136. The van der Waals surface area contributed by atoms with Crippen LogP contribution >= 0.6 is 0 Å². The third-order valence-electron chi connectivity index (χ3n) is 2.93. The molecule has 2 N–H and O–H groups in total. The molecule has 0 saturated heterocycles. The molecule has 0 aromatic heterocycles.